The molecule has 8 heteroatoms. The number of aryl methyl sites for hydroxylation is 1. The summed E-state index contributed by atoms with van der Waals surface area (Å²) in [7, 11) is 9.81. The fourth-order valence-corrected chi connectivity index (χ4v) is 4.86. The van der Waals surface area contributed by atoms with Crippen molar-refractivity contribution in [3.63, 3.8) is 0 Å². The minimum atomic E-state index is -0.325. The number of carbonyl (C=O) groups excluding carboxylic acids is 1. The molecule has 0 aliphatic carbocycles. The monoisotopic (exact) mass is 526 g/mol. The SMILES string of the molecule is C=CC(=O)C(CC)c1cc(Nc2nccc(-c3cccc4c3ccn4C)n2)c(OC)cc1N(C)CCN(C)C. The first-order chi connectivity index (χ1) is 18.8. The maximum absolute atomic E-state index is 12.9. The van der Waals surface area contributed by atoms with Crippen LogP contribution in [0.15, 0.2) is 67.5 Å². The fraction of sp³-hybridized carbons (Fsp3) is 0.323. The Morgan fingerprint density at radius 3 is 2.67 bits per heavy atom. The van der Waals surface area contributed by atoms with Crippen molar-refractivity contribution < 1.29 is 9.53 Å². The van der Waals surface area contributed by atoms with Gasteiger partial charge in [-0.3, -0.25) is 4.79 Å². The fourth-order valence-electron chi connectivity index (χ4n) is 4.86. The molecule has 1 N–H and O–H groups in total. The summed E-state index contributed by atoms with van der Waals surface area (Å²) in [6.07, 6.45) is 5.86. The highest BCUT2D eigenvalue weighted by Crippen LogP contribution is 2.40. The largest absolute Gasteiger partial charge is 0.494 e. The second-order valence-corrected chi connectivity index (χ2v) is 9.96. The molecule has 0 aliphatic rings. The topological polar surface area (TPSA) is 75.5 Å². The van der Waals surface area contributed by atoms with Gasteiger partial charge < -0.3 is 24.4 Å². The molecule has 204 valence electrons. The molecule has 0 radical (unpaired) electrons. The zero-order valence-corrected chi connectivity index (χ0v) is 23.7. The number of allylic oxidation sites excluding steroid dienone is 1. The lowest BCUT2D eigenvalue weighted by molar-refractivity contribution is -0.116. The summed E-state index contributed by atoms with van der Waals surface area (Å²) >= 11 is 0. The van der Waals surface area contributed by atoms with Crippen LogP contribution in [0.25, 0.3) is 22.2 Å². The van der Waals surface area contributed by atoms with Crippen molar-refractivity contribution in [1.82, 2.24) is 19.4 Å². The number of hydrogen-bond acceptors (Lipinski definition) is 7. The molecule has 0 fully saturated rings. The second-order valence-electron chi connectivity index (χ2n) is 9.96. The van der Waals surface area contributed by atoms with Crippen LogP contribution in [0.2, 0.25) is 0 Å². The number of nitrogens with one attached hydrogen (secondary N) is 1. The van der Waals surface area contributed by atoms with Crippen molar-refractivity contribution in [3.8, 4) is 17.0 Å². The molecule has 4 rings (SSSR count). The van der Waals surface area contributed by atoms with Crippen LogP contribution in [-0.2, 0) is 11.8 Å². The molecule has 1 unspecified atom stereocenters. The molecule has 4 aromatic rings. The van der Waals surface area contributed by atoms with E-state index < -0.39 is 0 Å². The van der Waals surface area contributed by atoms with Gasteiger partial charge in [0.15, 0.2) is 5.78 Å². The molecule has 39 heavy (non-hydrogen) atoms. The predicted octanol–water partition coefficient (Wildman–Crippen LogP) is 5.63. The number of carbonyl (C=O) groups is 1. The predicted molar refractivity (Wildman–Crippen MR) is 160 cm³/mol. The van der Waals surface area contributed by atoms with Crippen molar-refractivity contribution in [2.45, 2.75) is 19.3 Å². The van der Waals surface area contributed by atoms with Crippen molar-refractivity contribution in [3.05, 3.63) is 73.1 Å². The molecule has 0 saturated heterocycles. The average molecular weight is 527 g/mol. The first-order valence-electron chi connectivity index (χ1n) is 13.2. The van der Waals surface area contributed by atoms with Gasteiger partial charge in [-0.05, 0) is 56.4 Å². The number of aromatic nitrogens is 3. The van der Waals surface area contributed by atoms with Gasteiger partial charge in [0, 0.05) is 73.7 Å². The number of nitrogens with zero attached hydrogens (tertiary/aromatic N) is 5. The highest BCUT2D eigenvalue weighted by Gasteiger charge is 2.24. The summed E-state index contributed by atoms with van der Waals surface area (Å²) < 4.78 is 7.90. The first-order valence-corrected chi connectivity index (χ1v) is 13.2. The van der Waals surface area contributed by atoms with E-state index in [-0.39, 0.29) is 11.7 Å². The van der Waals surface area contributed by atoms with Crippen molar-refractivity contribution in [2.24, 2.45) is 7.05 Å². The van der Waals surface area contributed by atoms with Crippen LogP contribution in [0.1, 0.15) is 24.8 Å². The molecule has 0 saturated carbocycles. The van der Waals surface area contributed by atoms with E-state index in [1.165, 1.54) is 6.08 Å². The molecule has 8 nitrogen and oxygen atoms in total. The molecule has 2 heterocycles. The van der Waals surface area contributed by atoms with E-state index in [0.717, 1.165) is 46.5 Å². The van der Waals surface area contributed by atoms with Gasteiger partial charge in [0.25, 0.3) is 0 Å². The van der Waals surface area contributed by atoms with Crippen molar-refractivity contribution in [1.29, 1.82) is 0 Å². The maximum Gasteiger partial charge on any atom is 0.227 e. The second kappa shape index (κ2) is 12.1. The van der Waals surface area contributed by atoms with Crippen LogP contribution < -0.4 is 15.0 Å². The zero-order valence-electron chi connectivity index (χ0n) is 23.7. The van der Waals surface area contributed by atoms with E-state index in [4.69, 9.17) is 9.72 Å². The third-order valence-corrected chi connectivity index (χ3v) is 7.08. The summed E-state index contributed by atoms with van der Waals surface area (Å²) in [5.74, 6) is 0.755. The van der Waals surface area contributed by atoms with Crippen LogP contribution >= 0.6 is 0 Å². The molecule has 0 spiro atoms. The maximum atomic E-state index is 12.9. The van der Waals surface area contributed by atoms with Crippen LogP contribution in [0, 0.1) is 0 Å². The normalized spacial score (nSPS) is 12.0. The number of ether oxygens (including phenoxy) is 1. The van der Waals surface area contributed by atoms with E-state index in [2.05, 4.69) is 49.4 Å². The quantitative estimate of drug-likeness (QED) is 0.240. The third-order valence-electron chi connectivity index (χ3n) is 7.08. The van der Waals surface area contributed by atoms with Gasteiger partial charge in [-0.15, -0.1) is 0 Å². The first kappa shape index (κ1) is 27.9. The molecule has 0 amide bonds. The number of fused-ring (bicyclic) bond motifs is 1. The molecule has 0 bridgehead atoms. The van der Waals surface area contributed by atoms with Crippen LogP contribution in [-0.4, -0.2) is 66.6 Å². The van der Waals surface area contributed by atoms with E-state index in [1.807, 2.05) is 65.6 Å². The molecular formula is C31H38N6O2. The average Bonchev–Trinajstić information content (AvgIpc) is 3.33. The van der Waals surface area contributed by atoms with Gasteiger partial charge in [-0.1, -0.05) is 25.6 Å². The van der Waals surface area contributed by atoms with E-state index >= 15 is 0 Å². The number of benzene rings is 2. The molecular weight excluding hydrogens is 488 g/mol. The number of anilines is 3. The Morgan fingerprint density at radius 2 is 1.97 bits per heavy atom. The highest BCUT2D eigenvalue weighted by molar-refractivity contribution is 5.97. The third kappa shape index (κ3) is 5.96. The van der Waals surface area contributed by atoms with E-state index in [1.54, 1.807) is 13.3 Å². The Balaban J connectivity index is 1.76. The number of rotatable bonds is 12. The van der Waals surface area contributed by atoms with Crippen LogP contribution in [0.4, 0.5) is 17.3 Å². The lowest BCUT2D eigenvalue weighted by atomic mass is 9.89. The van der Waals surface area contributed by atoms with E-state index in [0.29, 0.717) is 23.8 Å². The molecule has 2 aromatic carbocycles. The lowest BCUT2D eigenvalue weighted by Crippen LogP contribution is -2.29. The number of hydrogen-bond donors (Lipinski definition) is 1. The van der Waals surface area contributed by atoms with Gasteiger partial charge in [0.2, 0.25) is 5.95 Å². The van der Waals surface area contributed by atoms with Gasteiger partial charge in [-0.2, -0.15) is 0 Å². The van der Waals surface area contributed by atoms with Crippen molar-refractivity contribution in [2.75, 3.05) is 51.6 Å². The number of methoxy groups -OCH3 is 1. The van der Waals surface area contributed by atoms with Gasteiger partial charge in [0.05, 0.1) is 18.5 Å². The lowest BCUT2D eigenvalue weighted by Gasteiger charge is -2.28. The van der Waals surface area contributed by atoms with Crippen LogP contribution in [0.5, 0.6) is 5.75 Å². The molecule has 0 aliphatic heterocycles. The summed E-state index contributed by atoms with van der Waals surface area (Å²) in [6.45, 7) is 7.43. The van der Waals surface area contributed by atoms with Gasteiger partial charge >= 0.3 is 0 Å². The Hall–Kier alpha value is -4.17. The minimum absolute atomic E-state index is 0.00919. The summed E-state index contributed by atoms with van der Waals surface area (Å²) in [4.78, 5) is 26.5. The number of ketones is 1. The Bertz CT molecular complexity index is 1480. The minimum Gasteiger partial charge on any atom is -0.494 e. The molecule has 2 aromatic heterocycles. The van der Waals surface area contributed by atoms with Gasteiger partial charge in [0.1, 0.15) is 5.75 Å². The van der Waals surface area contributed by atoms with E-state index in [9.17, 15) is 4.79 Å². The standard InChI is InChI=1S/C31H38N6O2/c1-8-21(29(38)9-2)24-19-26(30(39-7)20-28(24)37(6)18-17-35(3)4)34-31-32-15-13-25(33-31)22-11-10-12-27-23(22)14-16-36(27)5/h9-16,19-21H,2,8,17-18H2,1,3-7H3,(H,32,33,34). The smallest absolute Gasteiger partial charge is 0.227 e. The van der Waals surface area contributed by atoms with Crippen molar-refractivity contribution >= 4 is 34.0 Å². The Morgan fingerprint density at radius 1 is 1.18 bits per heavy atom. The van der Waals surface area contributed by atoms with Gasteiger partial charge in [-0.25, -0.2) is 9.97 Å². The zero-order chi connectivity index (χ0) is 28.1. The summed E-state index contributed by atoms with van der Waals surface area (Å²) in [5, 5.41) is 4.49. The summed E-state index contributed by atoms with van der Waals surface area (Å²) in [5.41, 5.74) is 5.55. The summed E-state index contributed by atoms with van der Waals surface area (Å²) in [6, 6.07) is 14.2. The van der Waals surface area contributed by atoms with Crippen LogP contribution in [0.3, 0.4) is 0 Å². The highest BCUT2D eigenvalue weighted by atomic mass is 16.5. The Kier molecular flexibility index (Phi) is 8.66. The molecule has 1 atom stereocenters. The number of likely N-dealkylation sites (N-methyl/N-ethyl adjacent to an activating group) is 2. The Labute approximate surface area is 230 Å².